The van der Waals surface area contributed by atoms with Gasteiger partial charge in [-0.1, -0.05) is 6.58 Å². The fourth-order valence-corrected chi connectivity index (χ4v) is 2.12. The zero-order chi connectivity index (χ0) is 11.4. The van der Waals surface area contributed by atoms with Gasteiger partial charge < -0.3 is 9.64 Å². The van der Waals surface area contributed by atoms with Crippen LogP contribution in [-0.2, 0) is 9.53 Å². The van der Waals surface area contributed by atoms with E-state index in [4.69, 9.17) is 4.74 Å². The first-order valence-corrected chi connectivity index (χ1v) is 5.57. The second-order valence-corrected chi connectivity index (χ2v) is 4.14. The van der Waals surface area contributed by atoms with Gasteiger partial charge in [0.15, 0.2) is 0 Å². The Morgan fingerprint density at radius 3 is 2.80 bits per heavy atom. The van der Waals surface area contributed by atoms with E-state index in [1.165, 1.54) is 11.3 Å². The smallest absolute Gasteiger partial charge is 0.339 e. The highest BCUT2D eigenvalue weighted by Gasteiger charge is 2.16. The van der Waals surface area contributed by atoms with Gasteiger partial charge >= 0.3 is 5.97 Å². The second-order valence-electron chi connectivity index (χ2n) is 3.23. The summed E-state index contributed by atoms with van der Waals surface area (Å²) in [5.74, 6) is -0.344. The first kappa shape index (κ1) is 11.8. The van der Waals surface area contributed by atoms with Gasteiger partial charge in [0.05, 0.1) is 22.7 Å². The van der Waals surface area contributed by atoms with Crippen LogP contribution >= 0.6 is 11.3 Å². The molecule has 0 atom stereocenters. The lowest BCUT2D eigenvalue weighted by Gasteiger charge is -2.13. The third kappa shape index (κ3) is 2.59. The number of carbonyl (C=O) groups is 1. The Hall–Kier alpha value is -1.29. The number of carbonyl (C=O) groups excluding carboxylic acids is 1. The number of rotatable bonds is 4. The predicted octanol–water partition coefficient (Wildman–Crippen LogP) is 2.39. The summed E-state index contributed by atoms with van der Waals surface area (Å²) in [5.41, 5.74) is 1.42. The van der Waals surface area contributed by atoms with Crippen molar-refractivity contribution in [2.24, 2.45) is 0 Å². The van der Waals surface area contributed by atoms with Gasteiger partial charge in [-0.2, -0.15) is 0 Å². The van der Waals surface area contributed by atoms with E-state index in [-0.39, 0.29) is 5.97 Å². The highest BCUT2D eigenvalue weighted by Crippen LogP contribution is 2.31. The molecule has 0 amide bonds. The zero-order valence-corrected chi connectivity index (χ0v) is 10.1. The van der Waals surface area contributed by atoms with E-state index >= 15 is 0 Å². The number of anilines is 1. The van der Waals surface area contributed by atoms with E-state index in [1.54, 1.807) is 6.92 Å². The Labute approximate surface area is 94.0 Å². The van der Waals surface area contributed by atoms with Gasteiger partial charge in [-0.05, 0) is 18.4 Å². The molecule has 0 saturated carbocycles. The van der Waals surface area contributed by atoms with Gasteiger partial charge in [0.2, 0.25) is 0 Å². The minimum atomic E-state index is -0.344. The molecule has 1 aromatic rings. The van der Waals surface area contributed by atoms with Crippen molar-refractivity contribution in [1.82, 2.24) is 0 Å². The third-order valence-electron chi connectivity index (χ3n) is 1.92. The molecule has 0 N–H and O–H groups in total. The van der Waals surface area contributed by atoms with Crippen molar-refractivity contribution in [3.05, 3.63) is 22.9 Å². The van der Waals surface area contributed by atoms with Gasteiger partial charge in [0, 0.05) is 14.1 Å². The normalized spacial score (nSPS) is 9.80. The maximum absolute atomic E-state index is 11.5. The van der Waals surface area contributed by atoms with Crippen LogP contribution in [0.3, 0.4) is 0 Å². The fourth-order valence-electron chi connectivity index (χ4n) is 1.19. The monoisotopic (exact) mass is 225 g/mol. The number of esters is 1. The molecule has 0 aliphatic rings. The summed E-state index contributed by atoms with van der Waals surface area (Å²) < 4.78 is 4.91. The van der Waals surface area contributed by atoms with Crippen molar-refractivity contribution in [3.63, 3.8) is 0 Å². The molecule has 1 rings (SSSR count). The van der Waals surface area contributed by atoms with Gasteiger partial charge in [-0.15, -0.1) is 11.3 Å². The average Bonchev–Trinajstić information content (AvgIpc) is 2.65. The van der Waals surface area contributed by atoms with Gasteiger partial charge in [0.25, 0.3) is 0 Å². The molecule has 0 radical (unpaired) electrons. The molecule has 0 unspecified atom stereocenters. The molecule has 0 bridgehead atoms. The summed E-state index contributed by atoms with van der Waals surface area (Å²) in [7, 11) is 3.87. The summed E-state index contributed by atoms with van der Waals surface area (Å²) >= 11 is 1.50. The van der Waals surface area contributed by atoms with Crippen LogP contribution in [0.4, 0.5) is 5.69 Å². The molecule has 0 spiro atoms. The van der Waals surface area contributed by atoms with Crippen LogP contribution in [0, 0.1) is 0 Å². The van der Waals surface area contributed by atoms with Crippen molar-refractivity contribution in [2.45, 2.75) is 6.92 Å². The lowest BCUT2D eigenvalue weighted by Crippen LogP contribution is -2.11. The Morgan fingerprint density at radius 2 is 2.27 bits per heavy atom. The molecule has 82 valence electrons. The Balaban J connectivity index is 2.91. The van der Waals surface area contributed by atoms with Crippen molar-refractivity contribution >= 4 is 28.6 Å². The predicted molar refractivity (Wildman–Crippen MR) is 64.3 cm³/mol. The van der Waals surface area contributed by atoms with E-state index in [9.17, 15) is 4.79 Å². The van der Waals surface area contributed by atoms with Crippen LogP contribution in [0.15, 0.2) is 18.0 Å². The molecule has 1 heterocycles. The maximum atomic E-state index is 11.5. The molecule has 1 aromatic heterocycles. The van der Waals surface area contributed by atoms with Crippen LogP contribution in [0.25, 0.3) is 5.57 Å². The summed E-state index contributed by atoms with van der Waals surface area (Å²) in [4.78, 5) is 14.3. The lowest BCUT2D eigenvalue weighted by atomic mass is 10.2. The lowest BCUT2D eigenvalue weighted by molar-refractivity contribution is -0.136. The minimum absolute atomic E-state index is 0.344. The second kappa shape index (κ2) is 4.98. The Morgan fingerprint density at radius 1 is 1.60 bits per heavy atom. The quantitative estimate of drug-likeness (QED) is 0.582. The standard InChI is InChI=1S/C11H15NO2S/c1-5-14-11(13)8(2)10-9(12(3)4)6-7-15-10/h6-7H,2,5H2,1,3-4H3. The number of thiophene rings is 1. The summed E-state index contributed by atoms with van der Waals surface area (Å²) in [6, 6.07) is 1.96. The summed E-state index contributed by atoms with van der Waals surface area (Å²) in [6.45, 7) is 5.93. The largest absolute Gasteiger partial charge is 0.462 e. The third-order valence-corrected chi connectivity index (χ3v) is 2.89. The molecule has 0 aromatic carbocycles. The number of hydrogen-bond acceptors (Lipinski definition) is 4. The van der Waals surface area contributed by atoms with Gasteiger partial charge in [-0.3, -0.25) is 0 Å². The SMILES string of the molecule is C=C(C(=O)OCC)c1sccc1N(C)C. The number of hydrogen-bond donors (Lipinski definition) is 0. The Kier molecular flexibility index (Phi) is 3.91. The molecule has 0 aliphatic carbocycles. The molecule has 15 heavy (non-hydrogen) atoms. The van der Waals surface area contributed by atoms with Crippen molar-refractivity contribution in [2.75, 3.05) is 25.6 Å². The molecular weight excluding hydrogens is 210 g/mol. The number of nitrogens with zero attached hydrogens (tertiary/aromatic N) is 1. The van der Waals surface area contributed by atoms with Crippen LogP contribution in [0.1, 0.15) is 11.8 Å². The van der Waals surface area contributed by atoms with Crippen molar-refractivity contribution < 1.29 is 9.53 Å². The summed E-state index contributed by atoms with van der Waals surface area (Å²) in [5, 5.41) is 1.94. The molecule has 4 heteroatoms. The van der Waals surface area contributed by atoms with Crippen LogP contribution in [0.2, 0.25) is 0 Å². The van der Waals surface area contributed by atoms with Crippen LogP contribution < -0.4 is 4.90 Å². The molecule has 0 aliphatic heterocycles. The van der Waals surface area contributed by atoms with E-state index < -0.39 is 0 Å². The first-order valence-electron chi connectivity index (χ1n) is 4.69. The zero-order valence-electron chi connectivity index (χ0n) is 9.24. The fraction of sp³-hybridized carbons (Fsp3) is 0.364. The van der Waals surface area contributed by atoms with E-state index in [2.05, 4.69) is 6.58 Å². The van der Waals surface area contributed by atoms with Crippen LogP contribution in [-0.4, -0.2) is 26.7 Å². The first-order chi connectivity index (χ1) is 7.07. The highest BCUT2D eigenvalue weighted by atomic mass is 32.1. The average molecular weight is 225 g/mol. The molecule has 0 fully saturated rings. The maximum Gasteiger partial charge on any atom is 0.339 e. The van der Waals surface area contributed by atoms with Crippen LogP contribution in [0.5, 0.6) is 0 Å². The van der Waals surface area contributed by atoms with E-state index in [0.717, 1.165) is 10.6 Å². The molecule has 3 nitrogen and oxygen atoms in total. The Bertz CT molecular complexity index is 368. The van der Waals surface area contributed by atoms with Crippen molar-refractivity contribution in [1.29, 1.82) is 0 Å². The van der Waals surface area contributed by atoms with Crippen molar-refractivity contribution in [3.8, 4) is 0 Å². The molecular formula is C11H15NO2S. The summed E-state index contributed by atoms with van der Waals surface area (Å²) in [6.07, 6.45) is 0. The highest BCUT2D eigenvalue weighted by molar-refractivity contribution is 7.12. The number of ether oxygens (including phenoxy) is 1. The van der Waals surface area contributed by atoms with Gasteiger partial charge in [-0.25, -0.2) is 4.79 Å². The minimum Gasteiger partial charge on any atom is -0.462 e. The van der Waals surface area contributed by atoms with E-state index in [1.807, 2.05) is 30.4 Å². The topological polar surface area (TPSA) is 29.5 Å². The van der Waals surface area contributed by atoms with E-state index in [0.29, 0.717) is 12.2 Å². The van der Waals surface area contributed by atoms with Gasteiger partial charge in [0.1, 0.15) is 0 Å². The molecule has 0 saturated heterocycles.